The van der Waals surface area contributed by atoms with Crippen LogP contribution >= 0.6 is 0 Å². The molecule has 35 heavy (non-hydrogen) atoms. The molecule has 2 bridgehead atoms. The van der Waals surface area contributed by atoms with E-state index in [4.69, 9.17) is 18.9 Å². The van der Waals surface area contributed by atoms with Crippen molar-refractivity contribution in [3.8, 4) is 23.0 Å². The molecule has 0 aliphatic carbocycles. The molecule has 0 radical (unpaired) electrons. The van der Waals surface area contributed by atoms with Crippen LogP contribution < -0.4 is 24.3 Å². The zero-order chi connectivity index (χ0) is 24.5. The predicted octanol–water partition coefficient (Wildman–Crippen LogP) is 3.17. The number of rotatable bonds is 1. The molecule has 1 N–H and O–H groups in total. The van der Waals surface area contributed by atoms with E-state index in [9.17, 15) is 4.79 Å². The first-order valence-electron chi connectivity index (χ1n) is 11.6. The Labute approximate surface area is 203 Å². The molecular formula is C25H29N5O5. The van der Waals surface area contributed by atoms with Gasteiger partial charge in [0.15, 0.2) is 23.0 Å². The van der Waals surface area contributed by atoms with Crippen LogP contribution in [0.25, 0.3) is 10.9 Å². The van der Waals surface area contributed by atoms with Crippen LogP contribution in [0.5, 0.6) is 23.0 Å². The van der Waals surface area contributed by atoms with Crippen LogP contribution in [0.15, 0.2) is 30.6 Å². The van der Waals surface area contributed by atoms with Crippen LogP contribution in [0.4, 0.5) is 11.5 Å². The van der Waals surface area contributed by atoms with Crippen molar-refractivity contribution in [2.75, 3.05) is 46.5 Å². The highest BCUT2D eigenvalue weighted by atomic mass is 16.7. The number of amides is 1. The predicted molar refractivity (Wildman–Crippen MR) is 131 cm³/mol. The molecule has 5 rings (SSSR count). The number of fused-ring (bicyclic) bond motifs is 4. The molecule has 0 spiro atoms. The highest BCUT2D eigenvalue weighted by Gasteiger charge is 2.26. The number of carbonyl (C=O) groups is 1. The lowest BCUT2D eigenvalue weighted by atomic mass is 10.1. The molecule has 1 atom stereocenters. The first-order valence-corrected chi connectivity index (χ1v) is 11.6. The summed E-state index contributed by atoms with van der Waals surface area (Å²) < 4.78 is 23.1. The Morgan fingerprint density at radius 2 is 1.97 bits per heavy atom. The van der Waals surface area contributed by atoms with E-state index in [1.54, 1.807) is 12.0 Å². The lowest BCUT2D eigenvalue weighted by Crippen LogP contribution is -2.44. The van der Waals surface area contributed by atoms with E-state index < -0.39 is 0 Å². The van der Waals surface area contributed by atoms with Crippen LogP contribution in [-0.2, 0) is 11.3 Å². The number of ether oxygens (including phenoxy) is 4. The summed E-state index contributed by atoms with van der Waals surface area (Å²) in [6, 6.07) is 7.28. The number of anilines is 2. The fourth-order valence-corrected chi connectivity index (χ4v) is 4.34. The zero-order valence-electron chi connectivity index (χ0n) is 20.3. The van der Waals surface area contributed by atoms with Gasteiger partial charge in [-0.05, 0) is 38.1 Å². The van der Waals surface area contributed by atoms with Gasteiger partial charge in [-0.2, -0.15) is 0 Å². The molecule has 3 heterocycles. The summed E-state index contributed by atoms with van der Waals surface area (Å²) in [7, 11) is 5.36. The van der Waals surface area contributed by atoms with Gasteiger partial charge in [0.05, 0.1) is 31.0 Å². The number of nitrogens with zero attached hydrogens (tertiary/aromatic N) is 4. The standard InChI is InChI=1S/C25H29N5O5/c1-15-25(31)29(2)8-5-9-33-21-10-17-18(11-20(21)32-4)26-13-27-24(17)28-22-16(12-30(15)3)6-7-19-23(22)35-14-34-19/h6-7,10-11,13,15H,5,8-9,12,14H2,1-4H3,(H,26,27,28)/t15-/m0/s1. The van der Waals surface area contributed by atoms with Crippen molar-refractivity contribution >= 4 is 28.3 Å². The summed E-state index contributed by atoms with van der Waals surface area (Å²) in [4.78, 5) is 25.8. The topological polar surface area (TPSA) is 98.3 Å². The molecule has 10 nitrogen and oxygen atoms in total. The Kier molecular flexibility index (Phi) is 6.21. The number of hydrogen-bond donors (Lipinski definition) is 1. The van der Waals surface area contributed by atoms with Gasteiger partial charge in [0, 0.05) is 31.6 Å². The monoisotopic (exact) mass is 479 g/mol. The minimum absolute atomic E-state index is 0.0481. The molecule has 184 valence electrons. The van der Waals surface area contributed by atoms with Gasteiger partial charge in [0.25, 0.3) is 0 Å². The lowest BCUT2D eigenvalue weighted by Gasteiger charge is -2.29. The molecule has 0 fully saturated rings. The van der Waals surface area contributed by atoms with E-state index in [1.165, 1.54) is 6.33 Å². The highest BCUT2D eigenvalue weighted by Crippen LogP contribution is 2.44. The van der Waals surface area contributed by atoms with E-state index in [2.05, 4.69) is 15.3 Å². The van der Waals surface area contributed by atoms with Crippen molar-refractivity contribution in [3.63, 3.8) is 0 Å². The molecule has 2 aliphatic rings. The summed E-state index contributed by atoms with van der Waals surface area (Å²) >= 11 is 0. The summed E-state index contributed by atoms with van der Waals surface area (Å²) in [5, 5.41) is 4.24. The van der Waals surface area contributed by atoms with Crippen LogP contribution in [0.2, 0.25) is 0 Å². The van der Waals surface area contributed by atoms with Gasteiger partial charge in [-0.25, -0.2) is 9.97 Å². The smallest absolute Gasteiger partial charge is 0.239 e. The Bertz CT molecular complexity index is 1270. The second-order valence-corrected chi connectivity index (χ2v) is 8.75. The molecule has 2 aliphatic heterocycles. The lowest BCUT2D eigenvalue weighted by molar-refractivity contribution is -0.134. The van der Waals surface area contributed by atoms with Crippen LogP contribution in [0.3, 0.4) is 0 Å². The quantitative estimate of drug-likeness (QED) is 0.564. The van der Waals surface area contributed by atoms with E-state index in [0.717, 1.165) is 22.2 Å². The molecule has 3 aromatic rings. The first-order chi connectivity index (χ1) is 17.0. The molecule has 0 saturated heterocycles. The molecule has 10 heteroatoms. The summed E-state index contributed by atoms with van der Waals surface area (Å²) in [6.45, 7) is 3.59. The Morgan fingerprint density at radius 1 is 1.11 bits per heavy atom. The van der Waals surface area contributed by atoms with Crippen molar-refractivity contribution in [2.24, 2.45) is 0 Å². The Morgan fingerprint density at radius 3 is 2.80 bits per heavy atom. The molecule has 1 amide bonds. The number of nitrogens with one attached hydrogen (secondary N) is 1. The van der Waals surface area contributed by atoms with E-state index in [1.807, 2.05) is 50.2 Å². The van der Waals surface area contributed by atoms with Crippen molar-refractivity contribution in [3.05, 3.63) is 36.2 Å². The summed E-state index contributed by atoms with van der Waals surface area (Å²) in [5.74, 6) is 3.09. The van der Waals surface area contributed by atoms with Crippen LogP contribution in [0.1, 0.15) is 18.9 Å². The third-order valence-corrected chi connectivity index (χ3v) is 6.50. The van der Waals surface area contributed by atoms with Gasteiger partial charge < -0.3 is 29.2 Å². The second kappa shape index (κ2) is 9.46. The number of hydrogen-bond acceptors (Lipinski definition) is 9. The van der Waals surface area contributed by atoms with Gasteiger partial charge in [-0.1, -0.05) is 6.07 Å². The minimum Gasteiger partial charge on any atom is -0.493 e. The third kappa shape index (κ3) is 4.37. The number of likely N-dealkylation sites (N-methyl/N-ethyl adjacent to an activating group) is 2. The minimum atomic E-state index is -0.314. The van der Waals surface area contributed by atoms with Gasteiger partial charge >= 0.3 is 0 Å². The van der Waals surface area contributed by atoms with E-state index in [0.29, 0.717) is 54.9 Å². The largest absolute Gasteiger partial charge is 0.493 e. The maximum Gasteiger partial charge on any atom is 0.239 e. The van der Waals surface area contributed by atoms with Gasteiger partial charge in [-0.15, -0.1) is 0 Å². The van der Waals surface area contributed by atoms with Crippen molar-refractivity contribution < 1.29 is 23.7 Å². The third-order valence-electron chi connectivity index (χ3n) is 6.50. The zero-order valence-corrected chi connectivity index (χ0v) is 20.3. The average Bonchev–Trinajstić information content (AvgIpc) is 3.35. The maximum absolute atomic E-state index is 13.1. The Hall–Kier alpha value is -3.79. The van der Waals surface area contributed by atoms with Gasteiger partial charge in [0.2, 0.25) is 12.7 Å². The Balaban J connectivity index is 1.64. The SMILES string of the molecule is COc1cc2ncnc3c2cc1OCCCN(C)C(=O)[C@H](C)N(C)Cc1ccc2c(c1N3)OCO2. The first kappa shape index (κ1) is 23.0. The van der Waals surface area contributed by atoms with E-state index in [-0.39, 0.29) is 18.7 Å². The number of carbonyl (C=O) groups excluding carboxylic acids is 1. The molecule has 1 aromatic heterocycles. The average molecular weight is 480 g/mol. The summed E-state index contributed by atoms with van der Waals surface area (Å²) in [6.07, 6.45) is 2.19. The van der Waals surface area contributed by atoms with Crippen molar-refractivity contribution in [1.29, 1.82) is 0 Å². The normalized spacial score (nSPS) is 18.8. The van der Waals surface area contributed by atoms with Crippen LogP contribution in [0, 0.1) is 0 Å². The number of methoxy groups -OCH3 is 1. The van der Waals surface area contributed by atoms with Gasteiger partial charge in [0.1, 0.15) is 12.1 Å². The summed E-state index contributed by atoms with van der Waals surface area (Å²) in [5.41, 5.74) is 2.41. The number of aromatic nitrogens is 2. The molecule has 0 unspecified atom stereocenters. The van der Waals surface area contributed by atoms with Crippen molar-refractivity contribution in [1.82, 2.24) is 19.8 Å². The van der Waals surface area contributed by atoms with Crippen LogP contribution in [-0.4, -0.2) is 72.9 Å². The maximum atomic E-state index is 13.1. The van der Waals surface area contributed by atoms with E-state index >= 15 is 0 Å². The van der Waals surface area contributed by atoms with Crippen molar-refractivity contribution in [2.45, 2.75) is 25.9 Å². The number of benzene rings is 2. The molecule has 2 aromatic carbocycles. The molecular weight excluding hydrogens is 450 g/mol. The second-order valence-electron chi connectivity index (χ2n) is 8.75. The fraction of sp³-hybridized carbons (Fsp3) is 0.400. The molecule has 0 saturated carbocycles. The highest BCUT2D eigenvalue weighted by molar-refractivity contribution is 5.94. The fourth-order valence-electron chi connectivity index (χ4n) is 4.34. The van der Waals surface area contributed by atoms with Gasteiger partial charge in [-0.3, -0.25) is 9.69 Å².